The van der Waals surface area contributed by atoms with E-state index >= 15 is 0 Å². The molecule has 7 heteroatoms. The monoisotopic (exact) mass is 365 g/mol. The van der Waals surface area contributed by atoms with E-state index in [4.69, 9.17) is 11.6 Å². The summed E-state index contributed by atoms with van der Waals surface area (Å²) in [7, 11) is 0. The van der Waals surface area contributed by atoms with Crippen LogP contribution in [0.15, 0.2) is 47.6 Å². The molecule has 0 spiro atoms. The summed E-state index contributed by atoms with van der Waals surface area (Å²) in [5.74, 6) is -0.256. The molecule has 0 unspecified atom stereocenters. The van der Waals surface area contributed by atoms with E-state index < -0.39 is 11.6 Å². The molecule has 0 radical (unpaired) electrons. The molecule has 0 bridgehead atoms. The SMILES string of the molecule is CCn1c(SCc2c(F)cccc2F)nnc1-c1ccc(Cl)cc1. The fourth-order valence-electron chi connectivity index (χ4n) is 2.30. The first-order valence-electron chi connectivity index (χ1n) is 7.35. The van der Waals surface area contributed by atoms with E-state index in [9.17, 15) is 8.78 Å². The Balaban J connectivity index is 1.86. The number of rotatable bonds is 5. The Morgan fingerprint density at radius 3 is 2.33 bits per heavy atom. The first-order valence-corrected chi connectivity index (χ1v) is 8.71. The van der Waals surface area contributed by atoms with Crippen molar-refractivity contribution in [3.63, 3.8) is 0 Å². The number of aromatic nitrogens is 3. The first kappa shape index (κ1) is 16.9. The molecule has 124 valence electrons. The molecule has 2 aromatic carbocycles. The van der Waals surface area contributed by atoms with Gasteiger partial charge in [0.2, 0.25) is 0 Å². The summed E-state index contributed by atoms with van der Waals surface area (Å²) in [4.78, 5) is 0. The van der Waals surface area contributed by atoms with E-state index in [0.29, 0.717) is 22.5 Å². The number of hydrogen-bond donors (Lipinski definition) is 0. The van der Waals surface area contributed by atoms with Gasteiger partial charge in [0.1, 0.15) is 11.6 Å². The van der Waals surface area contributed by atoms with E-state index in [1.807, 2.05) is 23.6 Å². The summed E-state index contributed by atoms with van der Waals surface area (Å²) >= 11 is 7.16. The summed E-state index contributed by atoms with van der Waals surface area (Å²) in [6, 6.07) is 11.2. The van der Waals surface area contributed by atoms with Crippen molar-refractivity contribution in [3.8, 4) is 11.4 Å². The fraction of sp³-hybridized carbons (Fsp3) is 0.176. The lowest BCUT2D eigenvalue weighted by atomic mass is 10.2. The van der Waals surface area contributed by atoms with Gasteiger partial charge >= 0.3 is 0 Å². The van der Waals surface area contributed by atoms with Crippen LogP contribution < -0.4 is 0 Å². The van der Waals surface area contributed by atoms with Gasteiger partial charge in [0, 0.05) is 28.4 Å². The second-order valence-corrected chi connectivity index (χ2v) is 6.43. The van der Waals surface area contributed by atoms with E-state index in [1.54, 1.807) is 12.1 Å². The summed E-state index contributed by atoms with van der Waals surface area (Å²) < 4.78 is 29.4. The molecule has 0 aliphatic heterocycles. The second-order valence-electron chi connectivity index (χ2n) is 5.05. The number of nitrogens with zero attached hydrogens (tertiary/aromatic N) is 3. The molecule has 0 N–H and O–H groups in total. The van der Waals surface area contributed by atoms with Crippen molar-refractivity contribution in [3.05, 3.63) is 64.7 Å². The summed E-state index contributed by atoms with van der Waals surface area (Å²) in [5, 5.41) is 9.62. The minimum Gasteiger partial charge on any atom is -0.302 e. The van der Waals surface area contributed by atoms with Crippen LogP contribution in [0.25, 0.3) is 11.4 Å². The van der Waals surface area contributed by atoms with Gasteiger partial charge in [0.15, 0.2) is 11.0 Å². The predicted octanol–water partition coefficient (Wildman–Crippen LogP) is 5.19. The first-order chi connectivity index (χ1) is 11.6. The molecule has 3 rings (SSSR count). The van der Waals surface area contributed by atoms with Crippen molar-refractivity contribution < 1.29 is 8.78 Å². The van der Waals surface area contributed by atoms with Crippen LogP contribution >= 0.6 is 23.4 Å². The van der Waals surface area contributed by atoms with Crippen LogP contribution in [0, 0.1) is 11.6 Å². The molecule has 1 aromatic heterocycles. The van der Waals surface area contributed by atoms with E-state index in [1.165, 1.54) is 30.0 Å². The average Bonchev–Trinajstić information content (AvgIpc) is 2.98. The zero-order valence-electron chi connectivity index (χ0n) is 12.8. The van der Waals surface area contributed by atoms with E-state index in [2.05, 4.69) is 10.2 Å². The molecule has 1 heterocycles. The Morgan fingerprint density at radius 1 is 1.04 bits per heavy atom. The fourth-order valence-corrected chi connectivity index (χ4v) is 3.45. The highest BCUT2D eigenvalue weighted by Crippen LogP contribution is 2.28. The summed E-state index contributed by atoms with van der Waals surface area (Å²) in [6.07, 6.45) is 0. The van der Waals surface area contributed by atoms with Crippen molar-refractivity contribution in [1.29, 1.82) is 0 Å². The van der Waals surface area contributed by atoms with Gasteiger partial charge in [-0.1, -0.05) is 29.4 Å². The molecule has 3 aromatic rings. The molecular formula is C17H14ClF2N3S. The number of hydrogen-bond acceptors (Lipinski definition) is 3. The molecule has 0 saturated carbocycles. The van der Waals surface area contributed by atoms with Crippen LogP contribution in [0.4, 0.5) is 8.78 Å². The Morgan fingerprint density at radius 2 is 1.71 bits per heavy atom. The Bertz CT molecular complexity index is 829. The maximum atomic E-state index is 13.7. The molecule has 0 saturated heterocycles. The van der Waals surface area contributed by atoms with Gasteiger partial charge in [-0.2, -0.15) is 0 Å². The molecule has 0 aliphatic carbocycles. The van der Waals surface area contributed by atoms with Gasteiger partial charge in [0.25, 0.3) is 0 Å². The van der Waals surface area contributed by atoms with Crippen molar-refractivity contribution in [1.82, 2.24) is 14.8 Å². The number of halogens is 3. The van der Waals surface area contributed by atoms with Gasteiger partial charge < -0.3 is 4.57 Å². The predicted molar refractivity (Wildman–Crippen MR) is 92.1 cm³/mol. The lowest BCUT2D eigenvalue weighted by molar-refractivity contribution is 0.566. The van der Waals surface area contributed by atoms with Crippen LogP contribution in [-0.2, 0) is 12.3 Å². The largest absolute Gasteiger partial charge is 0.302 e. The van der Waals surface area contributed by atoms with Crippen LogP contribution in [-0.4, -0.2) is 14.8 Å². The molecule has 24 heavy (non-hydrogen) atoms. The zero-order valence-corrected chi connectivity index (χ0v) is 14.4. The Kier molecular flexibility index (Phi) is 5.16. The minimum atomic E-state index is -0.553. The molecule has 0 amide bonds. The normalized spacial score (nSPS) is 11.0. The third-order valence-corrected chi connectivity index (χ3v) is 4.79. The standard InChI is InChI=1S/C17H14ClF2N3S/c1-2-23-16(11-6-8-12(18)9-7-11)21-22-17(23)24-10-13-14(19)4-3-5-15(13)20/h3-9H,2,10H2,1H3. The van der Waals surface area contributed by atoms with E-state index in [-0.39, 0.29) is 11.3 Å². The number of thioether (sulfide) groups is 1. The van der Waals surface area contributed by atoms with E-state index in [0.717, 1.165) is 5.56 Å². The highest BCUT2D eigenvalue weighted by Gasteiger charge is 2.15. The molecular weight excluding hydrogens is 352 g/mol. The third kappa shape index (κ3) is 3.44. The van der Waals surface area contributed by atoms with Crippen LogP contribution in [0.1, 0.15) is 12.5 Å². The highest BCUT2D eigenvalue weighted by atomic mass is 35.5. The third-order valence-electron chi connectivity index (χ3n) is 3.54. The van der Waals surface area contributed by atoms with Gasteiger partial charge in [-0.05, 0) is 43.3 Å². The van der Waals surface area contributed by atoms with Crippen molar-refractivity contribution in [2.24, 2.45) is 0 Å². The second kappa shape index (κ2) is 7.32. The molecule has 0 atom stereocenters. The quantitative estimate of drug-likeness (QED) is 0.583. The minimum absolute atomic E-state index is 0.0428. The summed E-state index contributed by atoms with van der Waals surface area (Å²) in [5.41, 5.74) is 0.930. The number of benzene rings is 2. The van der Waals surface area contributed by atoms with Gasteiger partial charge in [-0.25, -0.2) is 8.78 Å². The van der Waals surface area contributed by atoms with Crippen molar-refractivity contribution in [2.45, 2.75) is 24.4 Å². The topological polar surface area (TPSA) is 30.7 Å². The molecule has 3 nitrogen and oxygen atoms in total. The molecule has 0 fully saturated rings. The lowest BCUT2D eigenvalue weighted by Crippen LogP contribution is -2.00. The Hall–Kier alpha value is -1.92. The van der Waals surface area contributed by atoms with Gasteiger partial charge in [-0.15, -0.1) is 10.2 Å². The van der Waals surface area contributed by atoms with Crippen molar-refractivity contribution >= 4 is 23.4 Å². The lowest BCUT2D eigenvalue weighted by Gasteiger charge is -2.08. The van der Waals surface area contributed by atoms with Crippen molar-refractivity contribution in [2.75, 3.05) is 0 Å². The van der Waals surface area contributed by atoms with Crippen LogP contribution in [0.5, 0.6) is 0 Å². The maximum absolute atomic E-state index is 13.7. The highest BCUT2D eigenvalue weighted by molar-refractivity contribution is 7.98. The van der Waals surface area contributed by atoms with Crippen LogP contribution in [0.3, 0.4) is 0 Å². The average molecular weight is 366 g/mol. The smallest absolute Gasteiger partial charge is 0.191 e. The molecule has 0 aliphatic rings. The Labute approximate surface area is 147 Å². The van der Waals surface area contributed by atoms with Crippen LogP contribution in [0.2, 0.25) is 5.02 Å². The summed E-state index contributed by atoms with van der Waals surface area (Å²) in [6.45, 7) is 2.61. The van der Waals surface area contributed by atoms with Gasteiger partial charge in [0.05, 0.1) is 0 Å². The maximum Gasteiger partial charge on any atom is 0.191 e. The van der Waals surface area contributed by atoms with Gasteiger partial charge in [-0.3, -0.25) is 0 Å². The zero-order chi connectivity index (χ0) is 17.1.